The van der Waals surface area contributed by atoms with Crippen LogP contribution in [0.3, 0.4) is 0 Å². The van der Waals surface area contributed by atoms with Crippen molar-refractivity contribution >= 4 is 49.4 Å². The molecule has 20 heavy (non-hydrogen) atoms. The number of hydrogen-bond acceptors (Lipinski definition) is 4. The highest BCUT2D eigenvalue weighted by Gasteiger charge is 2.20. The van der Waals surface area contributed by atoms with E-state index in [9.17, 15) is 9.59 Å². The lowest BCUT2D eigenvalue weighted by molar-refractivity contribution is -0.117. The van der Waals surface area contributed by atoms with Gasteiger partial charge in [-0.1, -0.05) is 29.3 Å². The standard InChI is InChI=1S/C13H16Br2N2O3/c1-3-4-10(16)12(18)17-11-8(13(19)20-2)5-7(14)6-9(11)15/h5-6,10H,3-4,16H2,1-2H3,(H,17,18)/t10-/m1/s1. The van der Waals surface area contributed by atoms with Gasteiger partial charge in [-0.15, -0.1) is 0 Å². The molecule has 1 aromatic rings. The first-order chi connectivity index (χ1) is 9.40. The van der Waals surface area contributed by atoms with Gasteiger partial charge in [-0.3, -0.25) is 4.79 Å². The van der Waals surface area contributed by atoms with Crippen molar-refractivity contribution in [2.75, 3.05) is 12.4 Å². The Morgan fingerprint density at radius 1 is 1.40 bits per heavy atom. The summed E-state index contributed by atoms with van der Waals surface area (Å²) in [6.07, 6.45) is 1.38. The molecule has 1 rings (SSSR count). The quantitative estimate of drug-likeness (QED) is 0.735. The van der Waals surface area contributed by atoms with E-state index in [2.05, 4.69) is 37.2 Å². The molecule has 3 N–H and O–H groups in total. The number of nitrogens with two attached hydrogens (primary N) is 1. The Morgan fingerprint density at radius 2 is 2.05 bits per heavy atom. The van der Waals surface area contributed by atoms with Crippen LogP contribution in [0.5, 0.6) is 0 Å². The molecule has 110 valence electrons. The molecule has 0 saturated carbocycles. The van der Waals surface area contributed by atoms with E-state index in [-0.39, 0.29) is 11.5 Å². The number of nitrogens with one attached hydrogen (secondary N) is 1. The van der Waals surface area contributed by atoms with Crippen molar-refractivity contribution < 1.29 is 14.3 Å². The van der Waals surface area contributed by atoms with Crippen molar-refractivity contribution in [1.82, 2.24) is 0 Å². The Morgan fingerprint density at radius 3 is 2.60 bits per heavy atom. The minimum atomic E-state index is -0.610. The SMILES string of the molecule is CCC[C@@H](N)C(=O)Nc1c(Br)cc(Br)cc1C(=O)OC. The molecule has 0 aliphatic heterocycles. The summed E-state index contributed by atoms with van der Waals surface area (Å²) in [5, 5.41) is 2.67. The Labute approximate surface area is 134 Å². The van der Waals surface area contributed by atoms with Gasteiger partial charge >= 0.3 is 5.97 Å². The maximum atomic E-state index is 12.0. The van der Waals surface area contributed by atoms with Crippen LogP contribution in [0.25, 0.3) is 0 Å². The first-order valence-corrected chi connectivity index (χ1v) is 7.63. The molecule has 1 amide bonds. The third-order valence-corrected chi connectivity index (χ3v) is 3.73. The van der Waals surface area contributed by atoms with Crippen molar-refractivity contribution in [2.45, 2.75) is 25.8 Å². The predicted molar refractivity (Wildman–Crippen MR) is 84.7 cm³/mol. The van der Waals surface area contributed by atoms with E-state index in [0.717, 1.165) is 6.42 Å². The van der Waals surface area contributed by atoms with Crippen LogP contribution < -0.4 is 11.1 Å². The average Bonchev–Trinajstić information content (AvgIpc) is 2.40. The van der Waals surface area contributed by atoms with Crippen molar-refractivity contribution in [3.8, 4) is 0 Å². The lowest BCUT2D eigenvalue weighted by Crippen LogP contribution is -2.35. The van der Waals surface area contributed by atoms with Gasteiger partial charge in [0.1, 0.15) is 0 Å². The summed E-state index contributed by atoms with van der Waals surface area (Å²) in [7, 11) is 1.28. The van der Waals surface area contributed by atoms with E-state index >= 15 is 0 Å². The number of rotatable bonds is 5. The Balaban J connectivity index is 3.10. The highest BCUT2D eigenvalue weighted by Crippen LogP contribution is 2.31. The maximum absolute atomic E-state index is 12.0. The van der Waals surface area contributed by atoms with Gasteiger partial charge in [-0.25, -0.2) is 4.79 Å². The highest BCUT2D eigenvalue weighted by molar-refractivity contribution is 9.11. The van der Waals surface area contributed by atoms with Crippen LogP contribution in [0.2, 0.25) is 0 Å². The molecule has 1 atom stereocenters. The number of amides is 1. The molecular formula is C13H16Br2N2O3. The van der Waals surface area contributed by atoms with E-state index < -0.39 is 12.0 Å². The first kappa shape index (κ1) is 17.1. The summed E-state index contributed by atoms with van der Waals surface area (Å²) < 4.78 is 5.98. The van der Waals surface area contributed by atoms with Gasteiger partial charge in [-0.2, -0.15) is 0 Å². The van der Waals surface area contributed by atoms with Crippen molar-refractivity contribution in [1.29, 1.82) is 0 Å². The molecule has 0 aromatic heterocycles. The van der Waals surface area contributed by atoms with E-state index in [0.29, 0.717) is 21.1 Å². The third kappa shape index (κ3) is 4.29. The largest absolute Gasteiger partial charge is 0.465 e. The second-order valence-corrected chi connectivity index (χ2v) is 5.96. The number of anilines is 1. The molecule has 7 heteroatoms. The molecule has 0 radical (unpaired) electrons. The predicted octanol–water partition coefficient (Wildman–Crippen LogP) is 3.06. The fourth-order valence-electron chi connectivity index (χ4n) is 1.63. The van der Waals surface area contributed by atoms with Crippen molar-refractivity contribution in [3.05, 3.63) is 26.6 Å². The second kappa shape index (κ2) is 7.75. The normalized spacial score (nSPS) is 11.8. The fourth-order valence-corrected chi connectivity index (χ4v) is 2.95. The summed E-state index contributed by atoms with van der Waals surface area (Å²) in [5.74, 6) is -0.869. The minimum absolute atomic E-state index is 0.255. The Bertz CT molecular complexity index is 521. The Hall–Kier alpha value is -0.920. The topological polar surface area (TPSA) is 81.4 Å². The average molecular weight is 408 g/mol. The molecule has 0 unspecified atom stereocenters. The van der Waals surface area contributed by atoms with E-state index in [1.165, 1.54) is 7.11 Å². The van der Waals surface area contributed by atoms with E-state index in [1.807, 2.05) is 6.92 Å². The summed E-state index contributed by atoms with van der Waals surface area (Å²) >= 11 is 6.61. The molecule has 5 nitrogen and oxygen atoms in total. The van der Waals surface area contributed by atoms with Crippen LogP contribution in [0.1, 0.15) is 30.1 Å². The number of methoxy groups -OCH3 is 1. The molecule has 0 saturated heterocycles. The summed E-state index contributed by atoms with van der Waals surface area (Å²) in [4.78, 5) is 23.8. The lowest BCUT2D eigenvalue weighted by Gasteiger charge is -2.15. The number of carbonyl (C=O) groups excluding carboxylic acids is 2. The van der Waals surface area contributed by atoms with Crippen LogP contribution in [-0.4, -0.2) is 25.0 Å². The zero-order valence-corrected chi connectivity index (χ0v) is 14.4. The fraction of sp³-hybridized carbons (Fsp3) is 0.385. The molecule has 0 fully saturated rings. The molecule has 0 bridgehead atoms. The molecule has 0 spiro atoms. The minimum Gasteiger partial charge on any atom is -0.465 e. The molecule has 0 aliphatic carbocycles. The Kier molecular flexibility index (Phi) is 6.64. The summed E-state index contributed by atoms with van der Waals surface area (Å²) in [6, 6.07) is 2.70. The zero-order valence-electron chi connectivity index (χ0n) is 11.2. The number of carbonyl (C=O) groups is 2. The van der Waals surface area contributed by atoms with Crippen LogP contribution in [0.15, 0.2) is 21.1 Å². The number of hydrogen-bond donors (Lipinski definition) is 2. The van der Waals surface area contributed by atoms with Gasteiger partial charge in [0.25, 0.3) is 0 Å². The van der Waals surface area contributed by atoms with Crippen LogP contribution >= 0.6 is 31.9 Å². The lowest BCUT2D eigenvalue weighted by atomic mass is 10.1. The van der Waals surface area contributed by atoms with Crippen molar-refractivity contribution in [2.24, 2.45) is 5.73 Å². The summed E-state index contributed by atoms with van der Waals surface area (Å²) in [6.45, 7) is 1.95. The van der Waals surface area contributed by atoms with Gasteiger partial charge in [0.15, 0.2) is 0 Å². The monoisotopic (exact) mass is 406 g/mol. The van der Waals surface area contributed by atoms with Crippen LogP contribution in [0, 0.1) is 0 Å². The van der Waals surface area contributed by atoms with E-state index in [4.69, 9.17) is 10.5 Å². The van der Waals surface area contributed by atoms with Crippen molar-refractivity contribution in [3.63, 3.8) is 0 Å². The number of esters is 1. The van der Waals surface area contributed by atoms with Crippen LogP contribution in [0.4, 0.5) is 5.69 Å². The first-order valence-electron chi connectivity index (χ1n) is 6.04. The smallest absolute Gasteiger partial charge is 0.340 e. The number of halogens is 2. The van der Waals surface area contributed by atoms with Gasteiger partial charge in [0.05, 0.1) is 24.4 Å². The van der Waals surface area contributed by atoms with E-state index in [1.54, 1.807) is 12.1 Å². The molecule has 0 heterocycles. The number of benzene rings is 1. The molecule has 0 aliphatic rings. The van der Waals surface area contributed by atoms with Gasteiger partial charge in [-0.05, 0) is 34.5 Å². The van der Waals surface area contributed by atoms with Gasteiger partial charge in [0.2, 0.25) is 5.91 Å². The second-order valence-electron chi connectivity index (χ2n) is 4.19. The third-order valence-electron chi connectivity index (χ3n) is 2.64. The zero-order chi connectivity index (χ0) is 15.3. The number of ether oxygens (including phenoxy) is 1. The molecule has 1 aromatic carbocycles. The van der Waals surface area contributed by atoms with Gasteiger partial charge in [0, 0.05) is 8.95 Å². The highest BCUT2D eigenvalue weighted by atomic mass is 79.9. The molecular weight excluding hydrogens is 392 g/mol. The van der Waals surface area contributed by atoms with Gasteiger partial charge < -0.3 is 15.8 Å². The van der Waals surface area contributed by atoms with Crippen LogP contribution in [-0.2, 0) is 9.53 Å². The summed E-state index contributed by atoms with van der Waals surface area (Å²) in [5.41, 5.74) is 6.37. The maximum Gasteiger partial charge on any atom is 0.340 e.